The summed E-state index contributed by atoms with van der Waals surface area (Å²) in [6.07, 6.45) is 1.96. The van der Waals surface area contributed by atoms with E-state index in [1.807, 2.05) is 6.07 Å². The maximum Gasteiger partial charge on any atom is 0.329 e. The predicted octanol–water partition coefficient (Wildman–Crippen LogP) is 3.29. The number of pyridine rings is 1. The van der Waals surface area contributed by atoms with Crippen molar-refractivity contribution in [3.05, 3.63) is 32.9 Å². The molecule has 1 heterocycles. The molecule has 21 heavy (non-hydrogen) atoms. The zero-order valence-electron chi connectivity index (χ0n) is 10.7. The van der Waals surface area contributed by atoms with Gasteiger partial charge in [0.25, 0.3) is 0 Å². The van der Waals surface area contributed by atoms with Gasteiger partial charge in [-0.3, -0.25) is 10.1 Å². The molecule has 7 nitrogen and oxygen atoms in total. The minimum atomic E-state index is -0.697. The molecule has 0 amide bonds. The number of nitro groups is 1. The highest BCUT2D eigenvalue weighted by atomic mass is 79.9. The van der Waals surface area contributed by atoms with Crippen LogP contribution in [-0.2, 0) is 0 Å². The highest BCUT2D eigenvalue weighted by Crippen LogP contribution is 2.37. The number of hydrogen-bond donors (Lipinski definition) is 1. The van der Waals surface area contributed by atoms with Crippen molar-refractivity contribution >= 4 is 32.5 Å². The van der Waals surface area contributed by atoms with Gasteiger partial charge in [-0.1, -0.05) is 0 Å². The van der Waals surface area contributed by atoms with Crippen molar-refractivity contribution in [3.63, 3.8) is 0 Å². The number of aromatic hydroxyl groups is 1. The van der Waals surface area contributed by atoms with Gasteiger partial charge in [-0.05, 0) is 34.5 Å². The fourth-order valence-electron chi connectivity index (χ4n) is 1.75. The summed E-state index contributed by atoms with van der Waals surface area (Å²) in [5.41, 5.74) is -0.0467. The van der Waals surface area contributed by atoms with Crippen LogP contribution in [0.3, 0.4) is 0 Å². The molecule has 8 heteroatoms. The van der Waals surface area contributed by atoms with Crippen molar-refractivity contribution in [1.82, 2.24) is 4.98 Å². The fraction of sp³-hybridized carbons (Fsp3) is 0.231. The van der Waals surface area contributed by atoms with Gasteiger partial charge in [-0.2, -0.15) is 5.26 Å². The summed E-state index contributed by atoms with van der Waals surface area (Å²) in [7, 11) is 0. The molecule has 0 saturated heterocycles. The molecular weight excluding hydrogens is 342 g/mol. The number of nitriles is 1. The molecule has 0 aliphatic rings. The standard InChI is InChI=1S/C13H10BrN3O4/c14-9-6-10-8(5-12(9)21-4-2-1-3-15)13(18)11(7-16-10)17(19)20/h5-7H,1-2,4H2,(H,16,18). The van der Waals surface area contributed by atoms with E-state index in [-0.39, 0.29) is 5.39 Å². The van der Waals surface area contributed by atoms with E-state index in [0.29, 0.717) is 35.2 Å². The lowest BCUT2D eigenvalue weighted by Gasteiger charge is -2.09. The number of rotatable bonds is 5. The van der Waals surface area contributed by atoms with Gasteiger partial charge in [0.2, 0.25) is 5.75 Å². The molecule has 0 spiro atoms. The van der Waals surface area contributed by atoms with E-state index >= 15 is 0 Å². The van der Waals surface area contributed by atoms with Crippen LogP contribution in [0.5, 0.6) is 11.5 Å². The van der Waals surface area contributed by atoms with E-state index in [0.717, 1.165) is 6.20 Å². The lowest BCUT2D eigenvalue weighted by molar-refractivity contribution is -0.386. The molecule has 1 aromatic carbocycles. The fourth-order valence-corrected chi connectivity index (χ4v) is 2.19. The summed E-state index contributed by atoms with van der Waals surface area (Å²) in [5.74, 6) is -0.0163. The molecule has 0 aliphatic carbocycles. The van der Waals surface area contributed by atoms with Crippen molar-refractivity contribution in [2.24, 2.45) is 0 Å². The van der Waals surface area contributed by atoms with Crippen LogP contribution >= 0.6 is 15.9 Å². The first kappa shape index (κ1) is 15.0. The number of aromatic nitrogens is 1. The Morgan fingerprint density at radius 2 is 2.29 bits per heavy atom. The topological polar surface area (TPSA) is 109 Å². The van der Waals surface area contributed by atoms with Crippen LogP contribution in [-0.4, -0.2) is 21.6 Å². The number of hydrogen-bond acceptors (Lipinski definition) is 6. The molecule has 2 rings (SSSR count). The van der Waals surface area contributed by atoms with Crippen molar-refractivity contribution in [3.8, 4) is 17.6 Å². The van der Waals surface area contributed by atoms with Crippen LogP contribution in [0.25, 0.3) is 10.9 Å². The van der Waals surface area contributed by atoms with E-state index in [1.54, 1.807) is 6.07 Å². The minimum Gasteiger partial charge on any atom is -0.502 e. The van der Waals surface area contributed by atoms with Crippen molar-refractivity contribution in [2.75, 3.05) is 6.61 Å². The highest BCUT2D eigenvalue weighted by molar-refractivity contribution is 9.10. The van der Waals surface area contributed by atoms with E-state index in [4.69, 9.17) is 10.00 Å². The number of halogens is 1. The van der Waals surface area contributed by atoms with Gasteiger partial charge in [0.15, 0.2) is 0 Å². The van der Waals surface area contributed by atoms with Crippen LogP contribution in [0.4, 0.5) is 5.69 Å². The number of fused-ring (bicyclic) bond motifs is 1. The molecule has 0 fully saturated rings. The third kappa shape index (κ3) is 3.20. The van der Waals surface area contributed by atoms with E-state index in [1.165, 1.54) is 6.07 Å². The molecule has 2 aromatic rings. The minimum absolute atomic E-state index is 0.239. The van der Waals surface area contributed by atoms with Gasteiger partial charge in [-0.25, -0.2) is 4.98 Å². The van der Waals surface area contributed by atoms with Crippen molar-refractivity contribution < 1.29 is 14.8 Å². The Hall–Kier alpha value is -2.40. The molecule has 0 aliphatic heterocycles. The van der Waals surface area contributed by atoms with Gasteiger partial charge in [0.05, 0.1) is 33.0 Å². The van der Waals surface area contributed by atoms with Gasteiger partial charge in [-0.15, -0.1) is 0 Å². The molecule has 1 N–H and O–H groups in total. The molecule has 0 bridgehead atoms. The quantitative estimate of drug-likeness (QED) is 0.502. The number of benzene rings is 1. The monoisotopic (exact) mass is 351 g/mol. The van der Waals surface area contributed by atoms with Gasteiger partial charge in [0, 0.05) is 6.42 Å². The number of unbranched alkanes of at least 4 members (excludes halogenated alkanes) is 1. The molecular formula is C13H10BrN3O4. The Balaban J connectivity index is 2.39. The Bertz CT molecular complexity index is 742. The summed E-state index contributed by atoms with van der Waals surface area (Å²) < 4.78 is 6.11. The van der Waals surface area contributed by atoms with E-state index in [9.17, 15) is 15.2 Å². The van der Waals surface area contributed by atoms with Crippen LogP contribution in [0.2, 0.25) is 0 Å². The summed E-state index contributed by atoms with van der Waals surface area (Å²) in [6.45, 7) is 0.334. The Kier molecular flexibility index (Phi) is 4.55. The maximum absolute atomic E-state index is 10.8. The third-order valence-corrected chi connectivity index (χ3v) is 3.38. The first-order valence-corrected chi connectivity index (χ1v) is 6.79. The smallest absolute Gasteiger partial charge is 0.329 e. The summed E-state index contributed by atoms with van der Waals surface area (Å²) >= 11 is 3.31. The van der Waals surface area contributed by atoms with Crippen molar-refractivity contribution in [2.45, 2.75) is 12.8 Å². The maximum atomic E-state index is 10.8. The van der Waals surface area contributed by atoms with Crippen LogP contribution in [0, 0.1) is 21.4 Å². The summed E-state index contributed by atoms with van der Waals surface area (Å²) in [6, 6.07) is 5.11. The van der Waals surface area contributed by atoms with Crippen molar-refractivity contribution in [1.29, 1.82) is 5.26 Å². The second-order valence-corrected chi connectivity index (χ2v) is 5.01. The van der Waals surface area contributed by atoms with E-state index in [2.05, 4.69) is 20.9 Å². The molecule has 0 atom stereocenters. The zero-order valence-corrected chi connectivity index (χ0v) is 12.3. The largest absolute Gasteiger partial charge is 0.502 e. The number of ether oxygens (including phenoxy) is 1. The average Bonchev–Trinajstić information content (AvgIpc) is 2.44. The summed E-state index contributed by atoms with van der Waals surface area (Å²) in [4.78, 5) is 14.0. The lowest BCUT2D eigenvalue weighted by Crippen LogP contribution is -1.98. The highest BCUT2D eigenvalue weighted by Gasteiger charge is 2.18. The second kappa shape index (κ2) is 6.37. The average molecular weight is 352 g/mol. The molecule has 0 radical (unpaired) electrons. The van der Waals surface area contributed by atoms with Gasteiger partial charge in [0.1, 0.15) is 11.9 Å². The molecule has 0 saturated carbocycles. The Labute approximate surface area is 128 Å². The molecule has 1 aromatic heterocycles. The van der Waals surface area contributed by atoms with Crippen LogP contribution in [0.1, 0.15) is 12.8 Å². The van der Waals surface area contributed by atoms with Crippen LogP contribution in [0.15, 0.2) is 22.8 Å². The van der Waals surface area contributed by atoms with Gasteiger partial charge >= 0.3 is 5.69 Å². The SMILES string of the molecule is N#CCCCOc1cc2c(O)c([N+](=O)[O-])cnc2cc1Br. The first-order chi connectivity index (χ1) is 10.0. The van der Waals surface area contributed by atoms with Gasteiger partial charge < -0.3 is 9.84 Å². The summed E-state index contributed by atoms with van der Waals surface area (Å²) in [5, 5.41) is 29.4. The van der Waals surface area contributed by atoms with Crippen LogP contribution < -0.4 is 4.74 Å². The zero-order chi connectivity index (χ0) is 15.4. The predicted molar refractivity (Wildman–Crippen MR) is 78.1 cm³/mol. The molecule has 108 valence electrons. The Morgan fingerprint density at radius 1 is 1.52 bits per heavy atom. The second-order valence-electron chi connectivity index (χ2n) is 4.16. The molecule has 0 unspecified atom stereocenters. The number of nitrogens with zero attached hydrogens (tertiary/aromatic N) is 3. The third-order valence-electron chi connectivity index (χ3n) is 2.76. The van der Waals surface area contributed by atoms with E-state index < -0.39 is 16.4 Å². The normalized spacial score (nSPS) is 10.3. The lowest BCUT2D eigenvalue weighted by atomic mass is 10.2. The first-order valence-electron chi connectivity index (χ1n) is 6.00. The Morgan fingerprint density at radius 3 is 2.95 bits per heavy atom.